The summed E-state index contributed by atoms with van der Waals surface area (Å²) >= 11 is 0. The molecule has 8 heteroatoms. The van der Waals surface area contributed by atoms with Crippen LogP contribution in [0.5, 0.6) is 17.2 Å². The maximum absolute atomic E-state index is 13.1. The van der Waals surface area contributed by atoms with Crippen molar-refractivity contribution in [2.75, 3.05) is 26.9 Å². The molecule has 8 nitrogen and oxygen atoms in total. The maximum Gasteiger partial charge on any atom is 0.163 e. The van der Waals surface area contributed by atoms with Crippen LogP contribution in [0, 0.1) is 6.92 Å². The molecule has 0 amide bonds. The van der Waals surface area contributed by atoms with E-state index in [1.165, 1.54) is 7.11 Å². The van der Waals surface area contributed by atoms with Crippen molar-refractivity contribution in [1.82, 2.24) is 4.98 Å². The van der Waals surface area contributed by atoms with Crippen molar-refractivity contribution >= 4 is 5.78 Å². The van der Waals surface area contributed by atoms with Crippen molar-refractivity contribution in [1.29, 1.82) is 0 Å². The lowest BCUT2D eigenvalue weighted by molar-refractivity contribution is 0.0396. The third-order valence-electron chi connectivity index (χ3n) is 7.16. The van der Waals surface area contributed by atoms with E-state index in [2.05, 4.69) is 0 Å². The number of aliphatic hydroxyl groups excluding tert-OH is 1. The Labute approximate surface area is 223 Å². The lowest BCUT2D eigenvalue weighted by Crippen LogP contribution is -2.37. The van der Waals surface area contributed by atoms with Crippen LogP contribution in [0.15, 0.2) is 48.5 Å². The van der Waals surface area contributed by atoms with Gasteiger partial charge in [0.25, 0.3) is 0 Å². The molecule has 0 aliphatic carbocycles. The zero-order valence-corrected chi connectivity index (χ0v) is 22.4. The van der Waals surface area contributed by atoms with Crippen LogP contribution in [-0.2, 0) is 11.1 Å². The fourth-order valence-corrected chi connectivity index (χ4v) is 4.55. The molecule has 1 aliphatic heterocycles. The molecule has 0 spiro atoms. The Morgan fingerprint density at radius 2 is 1.92 bits per heavy atom. The van der Waals surface area contributed by atoms with Gasteiger partial charge in [0.05, 0.1) is 24.9 Å². The van der Waals surface area contributed by atoms with Crippen LogP contribution in [0.1, 0.15) is 60.3 Å². The SMILES string of the molecule is CCC1(N)COc2c1cc(C(C)(O)CCC(=O)c1ccc(OCCO)c(OC)c1)nc2-c1ccc(C)cc1. The van der Waals surface area contributed by atoms with Crippen LogP contribution in [0.25, 0.3) is 11.3 Å². The number of methoxy groups -OCH3 is 1. The van der Waals surface area contributed by atoms with Crippen LogP contribution >= 0.6 is 0 Å². The molecule has 1 aromatic heterocycles. The largest absolute Gasteiger partial charge is 0.493 e. The third kappa shape index (κ3) is 5.53. The zero-order valence-electron chi connectivity index (χ0n) is 22.4. The molecule has 3 aromatic rings. The first kappa shape index (κ1) is 27.6. The highest BCUT2D eigenvalue weighted by atomic mass is 16.5. The predicted octanol–water partition coefficient (Wildman–Crippen LogP) is 4.26. The van der Waals surface area contributed by atoms with Crippen LogP contribution in [-0.4, -0.2) is 47.9 Å². The Bertz CT molecular complexity index is 1300. The highest BCUT2D eigenvalue weighted by Crippen LogP contribution is 2.45. The minimum Gasteiger partial charge on any atom is -0.493 e. The number of rotatable bonds is 11. The Morgan fingerprint density at radius 1 is 1.18 bits per heavy atom. The Hall–Kier alpha value is -3.46. The second-order valence-electron chi connectivity index (χ2n) is 10.0. The summed E-state index contributed by atoms with van der Waals surface area (Å²) in [5.41, 5.74) is 8.95. The average molecular weight is 521 g/mol. The number of carbonyl (C=O) groups is 1. The number of ether oxygens (including phenoxy) is 3. The molecule has 4 rings (SSSR count). The molecule has 0 bridgehead atoms. The Balaban J connectivity index is 1.62. The van der Waals surface area contributed by atoms with Gasteiger partial charge in [-0.1, -0.05) is 36.8 Å². The van der Waals surface area contributed by atoms with E-state index in [1.807, 2.05) is 44.2 Å². The topological polar surface area (TPSA) is 124 Å². The number of benzene rings is 2. The van der Waals surface area contributed by atoms with Gasteiger partial charge < -0.3 is 30.2 Å². The number of aliphatic hydroxyl groups is 2. The van der Waals surface area contributed by atoms with E-state index < -0.39 is 11.1 Å². The molecule has 2 aromatic carbocycles. The van der Waals surface area contributed by atoms with E-state index in [-0.39, 0.29) is 31.8 Å². The molecule has 2 heterocycles. The molecular weight excluding hydrogens is 484 g/mol. The van der Waals surface area contributed by atoms with Crippen LogP contribution in [0.4, 0.5) is 0 Å². The van der Waals surface area contributed by atoms with E-state index in [0.29, 0.717) is 47.2 Å². The summed E-state index contributed by atoms with van der Waals surface area (Å²) in [6.07, 6.45) is 0.904. The molecule has 0 fully saturated rings. The van der Waals surface area contributed by atoms with Gasteiger partial charge in [0.1, 0.15) is 24.5 Å². The van der Waals surface area contributed by atoms with Crippen molar-refractivity contribution < 1.29 is 29.2 Å². The average Bonchev–Trinajstić information content (AvgIpc) is 3.27. The van der Waals surface area contributed by atoms with Gasteiger partial charge in [-0.15, -0.1) is 0 Å². The molecule has 2 atom stereocenters. The Morgan fingerprint density at radius 3 is 2.58 bits per heavy atom. The highest BCUT2D eigenvalue weighted by molar-refractivity contribution is 5.96. The lowest BCUT2D eigenvalue weighted by Gasteiger charge is -2.26. The number of pyridine rings is 1. The van der Waals surface area contributed by atoms with E-state index in [0.717, 1.165) is 16.7 Å². The summed E-state index contributed by atoms with van der Waals surface area (Å²) in [4.78, 5) is 17.9. The van der Waals surface area contributed by atoms with Gasteiger partial charge in [-0.3, -0.25) is 4.79 Å². The van der Waals surface area contributed by atoms with Gasteiger partial charge in [0.15, 0.2) is 23.0 Å². The first-order chi connectivity index (χ1) is 18.1. The molecule has 2 unspecified atom stereocenters. The first-order valence-corrected chi connectivity index (χ1v) is 12.8. The molecule has 0 radical (unpaired) electrons. The van der Waals surface area contributed by atoms with Crippen LogP contribution < -0.4 is 19.9 Å². The Kier molecular flexibility index (Phi) is 8.06. The number of aromatic nitrogens is 1. The van der Waals surface area contributed by atoms with E-state index in [4.69, 9.17) is 30.0 Å². The van der Waals surface area contributed by atoms with Gasteiger partial charge in [0, 0.05) is 23.1 Å². The summed E-state index contributed by atoms with van der Waals surface area (Å²) in [6.45, 7) is 6.03. The van der Waals surface area contributed by atoms with Crippen molar-refractivity contribution in [3.63, 3.8) is 0 Å². The number of carbonyl (C=O) groups excluding carboxylic acids is 1. The predicted molar refractivity (Wildman–Crippen MR) is 145 cm³/mol. The second kappa shape index (κ2) is 11.1. The zero-order chi connectivity index (χ0) is 27.5. The first-order valence-electron chi connectivity index (χ1n) is 12.8. The standard InChI is InChI=1S/C30H36N2O6/c1-5-30(31)18-38-28-22(30)17-26(32-27(28)20-8-6-19(2)7-9-20)29(3,35)13-12-23(34)21-10-11-24(37-15-14-33)25(16-21)36-4/h6-11,16-17,33,35H,5,12-15,18,31H2,1-4H3. The van der Waals surface area contributed by atoms with Crippen LogP contribution in [0.3, 0.4) is 0 Å². The number of hydrogen-bond donors (Lipinski definition) is 3. The van der Waals surface area contributed by atoms with Crippen LogP contribution in [0.2, 0.25) is 0 Å². The molecule has 38 heavy (non-hydrogen) atoms. The molecule has 1 aliphatic rings. The highest BCUT2D eigenvalue weighted by Gasteiger charge is 2.40. The molecule has 0 saturated carbocycles. The third-order valence-corrected chi connectivity index (χ3v) is 7.16. The fourth-order valence-electron chi connectivity index (χ4n) is 4.55. The number of nitrogens with zero attached hydrogens (tertiary/aromatic N) is 1. The van der Waals surface area contributed by atoms with Crippen molar-refractivity contribution in [2.24, 2.45) is 5.73 Å². The van der Waals surface area contributed by atoms with E-state index >= 15 is 0 Å². The monoisotopic (exact) mass is 520 g/mol. The molecule has 202 valence electrons. The summed E-state index contributed by atoms with van der Waals surface area (Å²) in [6, 6.07) is 14.7. The van der Waals surface area contributed by atoms with Gasteiger partial charge in [-0.05, 0) is 51.0 Å². The van der Waals surface area contributed by atoms with E-state index in [1.54, 1.807) is 25.1 Å². The fraction of sp³-hybridized carbons (Fsp3) is 0.400. The summed E-state index contributed by atoms with van der Waals surface area (Å²) in [7, 11) is 1.49. The van der Waals surface area contributed by atoms with Crippen molar-refractivity contribution in [2.45, 2.75) is 51.2 Å². The van der Waals surface area contributed by atoms with Crippen molar-refractivity contribution in [3.8, 4) is 28.5 Å². The van der Waals surface area contributed by atoms with Crippen molar-refractivity contribution in [3.05, 3.63) is 70.9 Å². The van der Waals surface area contributed by atoms with Gasteiger partial charge in [-0.25, -0.2) is 4.98 Å². The molecule has 4 N–H and O–H groups in total. The minimum absolute atomic E-state index is 0.0870. The smallest absolute Gasteiger partial charge is 0.163 e. The number of hydrogen-bond acceptors (Lipinski definition) is 8. The quantitative estimate of drug-likeness (QED) is 0.320. The number of nitrogens with two attached hydrogens (primary N) is 1. The number of Topliss-reactive ketones (excluding diaryl/α,β-unsaturated/α-hetero) is 1. The molecular formula is C30H36N2O6. The molecule has 0 saturated heterocycles. The summed E-state index contributed by atoms with van der Waals surface area (Å²) in [5.74, 6) is 1.34. The number of aryl methyl sites for hydroxylation is 1. The van der Waals surface area contributed by atoms with E-state index in [9.17, 15) is 9.90 Å². The normalized spacial score (nSPS) is 17.9. The lowest BCUT2D eigenvalue weighted by atomic mass is 9.86. The minimum atomic E-state index is -1.39. The second-order valence-corrected chi connectivity index (χ2v) is 10.0. The number of ketones is 1. The summed E-state index contributed by atoms with van der Waals surface area (Å²) in [5, 5.41) is 20.5. The maximum atomic E-state index is 13.1. The van der Waals surface area contributed by atoms with Gasteiger partial charge in [0.2, 0.25) is 0 Å². The number of fused-ring (bicyclic) bond motifs is 1. The summed E-state index contributed by atoms with van der Waals surface area (Å²) < 4.78 is 16.8. The van der Waals surface area contributed by atoms with Gasteiger partial charge in [-0.2, -0.15) is 0 Å². The van der Waals surface area contributed by atoms with Gasteiger partial charge >= 0.3 is 0 Å².